The minimum atomic E-state index is -0.823. The van der Waals surface area contributed by atoms with Crippen LogP contribution in [-0.2, 0) is 28.6 Å². The molecular weight excluding hydrogens is 997 g/mol. The molecule has 81 heavy (non-hydrogen) atoms. The molecule has 0 N–H and O–H groups in total. The van der Waals surface area contributed by atoms with Gasteiger partial charge in [0.05, 0.1) is 0 Å². The number of ether oxygens (including phenoxy) is 3. The molecule has 0 aromatic carbocycles. The Bertz CT molecular complexity index is 1810. The lowest BCUT2D eigenvalue weighted by molar-refractivity contribution is -0.167. The van der Waals surface area contributed by atoms with Gasteiger partial charge in [0.1, 0.15) is 13.2 Å². The molecule has 1 unspecified atom stereocenters. The molecule has 0 aliphatic rings. The molecule has 6 nitrogen and oxygen atoms in total. The maximum Gasteiger partial charge on any atom is 0.306 e. The third-order valence-electron chi connectivity index (χ3n) is 13.5. The molecule has 0 heterocycles. The number of esters is 3. The summed E-state index contributed by atoms with van der Waals surface area (Å²) in [5.74, 6) is -1.01. The summed E-state index contributed by atoms with van der Waals surface area (Å²) in [5, 5.41) is 0. The predicted molar refractivity (Wildman–Crippen MR) is 352 cm³/mol. The summed E-state index contributed by atoms with van der Waals surface area (Å²) in [6.07, 6.45) is 98.4. The number of hydrogen-bond acceptors (Lipinski definition) is 6. The first-order valence-corrected chi connectivity index (χ1v) is 33.0. The van der Waals surface area contributed by atoms with E-state index >= 15 is 0 Å². The van der Waals surface area contributed by atoms with Crippen LogP contribution in [0.5, 0.6) is 0 Å². The summed E-state index contributed by atoms with van der Waals surface area (Å²) < 4.78 is 16.8. The maximum atomic E-state index is 12.9. The van der Waals surface area contributed by atoms with Gasteiger partial charge in [-0.1, -0.05) is 275 Å². The van der Waals surface area contributed by atoms with Crippen LogP contribution in [0.3, 0.4) is 0 Å². The number of allylic oxidation sites excluding steroid dienone is 26. The molecule has 0 saturated heterocycles. The van der Waals surface area contributed by atoms with Crippen LogP contribution in [0.2, 0.25) is 0 Å². The minimum absolute atomic E-state index is 0.118. The van der Waals surface area contributed by atoms with Crippen molar-refractivity contribution in [1.82, 2.24) is 0 Å². The van der Waals surface area contributed by atoms with Crippen LogP contribution in [0, 0.1) is 0 Å². The zero-order chi connectivity index (χ0) is 58.5. The summed E-state index contributed by atoms with van der Waals surface area (Å²) >= 11 is 0. The van der Waals surface area contributed by atoms with Crippen molar-refractivity contribution in [3.8, 4) is 0 Å². The fourth-order valence-electron chi connectivity index (χ4n) is 8.63. The van der Waals surface area contributed by atoms with E-state index in [1.165, 1.54) is 103 Å². The fraction of sp³-hybridized carbons (Fsp3) is 0.613. The number of carbonyl (C=O) groups is 3. The van der Waals surface area contributed by atoms with E-state index in [0.29, 0.717) is 19.3 Å². The van der Waals surface area contributed by atoms with Gasteiger partial charge in [0.15, 0.2) is 6.10 Å². The molecule has 0 aliphatic heterocycles. The van der Waals surface area contributed by atoms with Crippen LogP contribution in [0.4, 0.5) is 0 Å². The van der Waals surface area contributed by atoms with Crippen LogP contribution in [0.15, 0.2) is 158 Å². The molecule has 0 spiro atoms. The second kappa shape index (κ2) is 67.5. The molecule has 0 fully saturated rings. The van der Waals surface area contributed by atoms with Crippen LogP contribution in [-0.4, -0.2) is 37.2 Å². The number of unbranched alkanes of at least 4 members (excludes halogenated alkanes) is 21. The van der Waals surface area contributed by atoms with Crippen LogP contribution in [0.25, 0.3) is 0 Å². The van der Waals surface area contributed by atoms with E-state index in [2.05, 4.69) is 179 Å². The van der Waals surface area contributed by atoms with Gasteiger partial charge in [-0.15, -0.1) is 0 Å². The highest BCUT2D eigenvalue weighted by Gasteiger charge is 2.19. The average molecular weight is 1120 g/mol. The molecule has 0 bridgehead atoms. The van der Waals surface area contributed by atoms with Gasteiger partial charge in [-0.2, -0.15) is 0 Å². The smallest absolute Gasteiger partial charge is 0.306 e. The first kappa shape index (κ1) is 76.0. The Morgan fingerprint density at radius 2 is 0.494 bits per heavy atom. The standard InChI is InChI=1S/C75H120O6/c1-4-7-10-13-16-19-22-25-27-29-31-33-34-35-36-37-38-39-40-42-43-45-47-50-53-56-59-62-65-68-74(77)80-71-72(70-79-73(76)67-64-61-58-55-52-49-24-21-18-15-12-9-6-3)81-75(78)69-66-63-60-57-54-51-48-46-44-41-32-30-28-26-23-20-17-14-11-8-5-2/h7,9-10,12,16,18-19,21,25,27,30-33,35-36,38-39,42-43,47,49-50,52,56,59,72H,4-6,8,11,13-15,17,20,22-24,26,28-29,34,37,40-41,44-46,48,51,53-55,57-58,60-71H2,1-3H3/b10-7-,12-9-,19-16-,21-18-,27-25-,32-30-,33-31-,36-35-,39-38-,43-42-,50-47-,52-49-,59-56-. The van der Waals surface area contributed by atoms with Gasteiger partial charge in [-0.3, -0.25) is 14.4 Å². The van der Waals surface area contributed by atoms with Gasteiger partial charge in [0.2, 0.25) is 0 Å². The molecule has 0 saturated carbocycles. The molecule has 0 amide bonds. The van der Waals surface area contributed by atoms with Crippen molar-refractivity contribution in [3.63, 3.8) is 0 Å². The number of rotatable bonds is 58. The molecule has 6 heteroatoms. The highest BCUT2D eigenvalue weighted by Crippen LogP contribution is 2.15. The Morgan fingerprint density at radius 1 is 0.259 bits per heavy atom. The Balaban J connectivity index is 4.46. The van der Waals surface area contributed by atoms with Gasteiger partial charge in [-0.25, -0.2) is 0 Å². The summed E-state index contributed by atoms with van der Waals surface area (Å²) in [6.45, 7) is 6.34. The predicted octanol–water partition coefficient (Wildman–Crippen LogP) is 22.9. The van der Waals surface area contributed by atoms with Crippen LogP contribution in [0.1, 0.15) is 278 Å². The highest BCUT2D eigenvalue weighted by molar-refractivity contribution is 5.71. The Labute approximate surface area is 499 Å². The van der Waals surface area contributed by atoms with Crippen LogP contribution < -0.4 is 0 Å². The van der Waals surface area contributed by atoms with Gasteiger partial charge in [0, 0.05) is 19.3 Å². The Kier molecular flexibility index (Phi) is 63.4. The van der Waals surface area contributed by atoms with Crippen molar-refractivity contribution in [2.24, 2.45) is 0 Å². The second-order valence-electron chi connectivity index (χ2n) is 21.3. The largest absolute Gasteiger partial charge is 0.462 e. The first-order chi connectivity index (χ1) is 40.0. The molecule has 0 aromatic rings. The van der Waals surface area contributed by atoms with E-state index in [4.69, 9.17) is 14.2 Å². The summed E-state index contributed by atoms with van der Waals surface area (Å²) in [6, 6.07) is 0. The zero-order valence-electron chi connectivity index (χ0n) is 52.2. The van der Waals surface area contributed by atoms with E-state index in [1.54, 1.807) is 0 Å². The van der Waals surface area contributed by atoms with Crippen LogP contribution >= 0.6 is 0 Å². The monoisotopic (exact) mass is 1120 g/mol. The number of hydrogen-bond donors (Lipinski definition) is 0. The van der Waals surface area contributed by atoms with Crippen molar-refractivity contribution in [2.45, 2.75) is 284 Å². The van der Waals surface area contributed by atoms with Crippen molar-refractivity contribution in [1.29, 1.82) is 0 Å². The highest BCUT2D eigenvalue weighted by atomic mass is 16.6. The quantitative estimate of drug-likeness (QED) is 0.0261. The lowest BCUT2D eigenvalue weighted by atomic mass is 10.1. The molecule has 1 atom stereocenters. The molecular formula is C75H120O6. The SMILES string of the molecule is CC/C=C\C/C=C\C/C=C\C/C=C\C/C=C\C/C=C\C/C=C\C/C=C\C/C=C\CCCC(=O)OCC(COC(=O)CCCCC/C=C\C/C=C\C/C=C\CC)OC(=O)CCCCCCCCCCC/C=C\CCCCCCCCCC. The zero-order valence-corrected chi connectivity index (χ0v) is 52.2. The van der Waals surface area contributed by atoms with Crippen molar-refractivity contribution < 1.29 is 28.6 Å². The third kappa shape index (κ3) is 65.7. The average Bonchev–Trinajstić information content (AvgIpc) is 3.46. The first-order valence-electron chi connectivity index (χ1n) is 33.0. The minimum Gasteiger partial charge on any atom is -0.462 e. The summed E-state index contributed by atoms with van der Waals surface area (Å²) in [4.78, 5) is 38.3. The fourth-order valence-corrected chi connectivity index (χ4v) is 8.63. The Hall–Kier alpha value is -4.97. The molecule has 0 rings (SSSR count). The number of carbonyl (C=O) groups excluding carboxylic acids is 3. The topological polar surface area (TPSA) is 78.9 Å². The molecule has 456 valence electrons. The van der Waals surface area contributed by atoms with Gasteiger partial charge in [0.25, 0.3) is 0 Å². The van der Waals surface area contributed by atoms with E-state index in [9.17, 15) is 14.4 Å². The van der Waals surface area contributed by atoms with Gasteiger partial charge >= 0.3 is 17.9 Å². The molecule has 0 aliphatic carbocycles. The van der Waals surface area contributed by atoms with Crippen molar-refractivity contribution >= 4 is 17.9 Å². The normalized spacial score (nSPS) is 13.2. The maximum absolute atomic E-state index is 12.9. The van der Waals surface area contributed by atoms with Crippen molar-refractivity contribution in [2.75, 3.05) is 13.2 Å². The lowest BCUT2D eigenvalue weighted by Crippen LogP contribution is -2.30. The van der Waals surface area contributed by atoms with E-state index in [1.807, 2.05) is 0 Å². The summed E-state index contributed by atoms with van der Waals surface area (Å²) in [5.41, 5.74) is 0. The van der Waals surface area contributed by atoms with Gasteiger partial charge < -0.3 is 14.2 Å². The molecule has 0 aromatic heterocycles. The second-order valence-corrected chi connectivity index (χ2v) is 21.3. The van der Waals surface area contributed by atoms with E-state index in [0.717, 1.165) is 128 Å². The van der Waals surface area contributed by atoms with Gasteiger partial charge in [-0.05, 0) is 141 Å². The summed E-state index contributed by atoms with van der Waals surface area (Å²) in [7, 11) is 0. The molecule has 0 radical (unpaired) electrons. The third-order valence-corrected chi connectivity index (χ3v) is 13.5. The lowest BCUT2D eigenvalue weighted by Gasteiger charge is -2.18. The van der Waals surface area contributed by atoms with E-state index < -0.39 is 6.10 Å². The Morgan fingerprint density at radius 3 is 0.827 bits per heavy atom. The van der Waals surface area contributed by atoms with Crippen molar-refractivity contribution in [3.05, 3.63) is 158 Å². The van der Waals surface area contributed by atoms with E-state index in [-0.39, 0.29) is 37.5 Å².